The van der Waals surface area contributed by atoms with Crippen LogP contribution in [0.25, 0.3) is 6.08 Å². The fourth-order valence-electron chi connectivity index (χ4n) is 4.42. The Bertz CT molecular complexity index is 1490. The lowest BCUT2D eigenvalue weighted by Crippen LogP contribution is -2.35. The van der Waals surface area contributed by atoms with Crippen molar-refractivity contribution in [1.82, 2.24) is 0 Å². The number of carbonyl (C=O) groups excluding carboxylic acids is 2. The molecule has 0 aromatic heterocycles. The van der Waals surface area contributed by atoms with Crippen LogP contribution in [0.5, 0.6) is 5.75 Å². The molecule has 3 aromatic rings. The quantitative estimate of drug-likeness (QED) is 0.144. The van der Waals surface area contributed by atoms with E-state index in [9.17, 15) is 23.9 Å². The number of carbonyl (C=O) groups is 2. The number of rotatable bonds is 5. The van der Waals surface area contributed by atoms with E-state index in [0.717, 1.165) is 26.5 Å². The Hall–Kier alpha value is -3.16. The number of nitrogens with zero attached hydrogens (tertiary/aromatic N) is 1. The van der Waals surface area contributed by atoms with Gasteiger partial charge in [-0.25, -0.2) is 4.79 Å². The van der Waals surface area contributed by atoms with Crippen LogP contribution >= 0.6 is 19.4 Å². The molecule has 0 saturated heterocycles. The van der Waals surface area contributed by atoms with Crippen molar-refractivity contribution in [2.75, 3.05) is 11.2 Å². The van der Waals surface area contributed by atoms with Crippen molar-refractivity contribution >= 4 is 43.0 Å². The maximum absolute atomic E-state index is 13.5. The minimum Gasteiger partial charge on any atom is -0.422 e. The topological polar surface area (TPSA) is 104 Å². The third kappa shape index (κ3) is 6.76. The fourth-order valence-corrected chi connectivity index (χ4v) is 6.13. The van der Waals surface area contributed by atoms with Crippen LogP contribution in [0.4, 0.5) is 5.69 Å². The molecule has 9 heteroatoms. The van der Waals surface area contributed by atoms with Gasteiger partial charge in [0.1, 0.15) is 12.0 Å². The lowest BCUT2D eigenvalue weighted by atomic mass is 9.78. The SMILES string of the molecule is CC(C)(C)c1cc(C=C2Sc3ccccc3N(CP(=O)(O)O)C2=O)cc(C(C)(C)C)c1OC(=O)c1ccccc1. The van der Waals surface area contributed by atoms with E-state index >= 15 is 0 Å². The highest BCUT2D eigenvalue weighted by atomic mass is 32.2. The highest BCUT2D eigenvalue weighted by molar-refractivity contribution is 8.04. The molecule has 4 rings (SSSR count). The minimum atomic E-state index is -4.52. The lowest BCUT2D eigenvalue weighted by molar-refractivity contribution is -0.114. The Balaban J connectivity index is 1.86. The van der Waals surface area contributed by atoms with E-state index in [4.69, 9.17) is 4.74 Å². The summed E-state index contributed by atoms with van der Waals surface area (Å²) < 4.78 is 18.0. The molecule has 7 nitrogen and oxygen atoms in total. The van der Waals surface area contributed by atoms with E-state index in [-0.39, 0.29) is 0 Å². The Kier molecular flexibility index (Phi) is 8.21. The molecule has 1 aliphatic rings. The number of esters is 1. The van der Waals surface area contributed by atoms with Gasteiger partial charge in [0.05, 0.1) is 16.2 Å². The number of para-hydroxylation sites is 1. The molecule has 210 valence electrons. The number of ether oxygens (including phenoxy) is 1. The van der Waals surface area contributed by atoms with E-state index in [1.54, 1.807) is 42.5 Å². The van der Waals surface area contributed by atoms with Gasteiger partial charge in [-0.15, -0.1) is 0 Å². The summed E-state index contributed by atoms with van der Waals surface area (Å²) in [5, 5.41) is 0. The van der Waals surface area contributed by atoms with Crippen molar-refractivity contribution in [2.24, 2.45) is 0 Å². The molecule has 0 atom stereocenters. The number of benzene rings is 3. The highest BCUT2D eigenvalue weighted by Crippen LogP contribution is 2.47. The molecule has 2 N–H and O–H groups in total. The van der Waals surface area contributed by atoms with Gasteiger partial charge in [-0.1, -0.05) is 83.6 Å². The second-order valence-electron chi connectivity index (χ2n) is 11.8. The van der Waals surface area contributed by atoms with Gasteiger partial charge in [-0.05, 0) is 58.9 Å². The summed E-state index contributed by atoms with van der Waals surface area (Å²) in [5.41, 5.74) is 2.41. The molecular weight excluding hydrogens is 545 g/mol. The van der Waals surface area contributed by atoms with Crippen molar-refractivity contribution in [3.05, 3.63) is 93.9 Å². The van der Waals surface area contributed by atoms with Gasteiger partial charge in [0, 0.05) is 16.0 Å². The van der Waals surface area contributed by atoms with Gasteiger partial charge < -0.3 is 14.5 Å². The minimum absolute atomic E-state index is 0.334. The van der Waals surface area contributed by atoms with E-state index in [1.807, 2.05) is 71.9 Å². The van der Waals surface area contributed by atoms with Gasteiger partial charge in [0.2, 0.25) is 0 Å². The molecule has 40 heavy (non-hydrogen) atoms. The summed E-state index contributed by atoms with van der Waals surface area (Å²) >= 11 is 1.26. The second-order valence-corrected chi connectivity index (χ2v) is 14.5. The molecule has 0 saturated carbocycles. The first-order chi connectivity index (χ1) is 18.5. The molecule has 1 aliphatic heterocycles. The van der Waals surface area contributed by atoms with Crippen LogP contribution < -0.4 is 9.64 Å². The molecule has 0 spiro atoms. The summed E-state index contributed by atoms with van der Waals surface area (Å²) in [6.45, 7) is 12.2. The van der Waals surface area contributed by atoms with Gasteiger partial charge in [-0.3, -0.25) is 14.3 Å². The third-order valence-electron chi connectivity index (χ3n) is 6.39. The standard InChI is InChI=1S/C31H34NO6PS/c1-30(2,3)22-16-20(17-23(31(4,5)6)27(22)38-29(34)21-12-8-7-9-13-21)18-26-28(33)32(19-39(35,36)37)24-14-10-11-15-25(24)40-26/h7-18H,19H2,1-6H3,(H2,35,36,37). The Labute approximate surface area is 239 Å². The predicted octanol–water partition coefficient (Wildman–Crippen LogP) is 7.12. The Morgan fingerprint density at radius 1 is 0.925 bits per heavy atom. The van der Waals surface area contributed by atoms with Crippen molar-refractivity contribution in [2.45, 2.75) is 57.3 Å². The number of hydrogen-bond acceptors (Lipinski definition) is 5. The maximum Gasteiger partial charge on any atom is 0.345 e. The molecule has 0 radical (unpaired) electrons. The van der Waals surface area contributed by atoms with Crippen LogP contribution in [-0.2, 0) is 20.2 Å². The number of hydrogen-bond donors (Lipinski definition) is 2. The molecule has 0 aliphatic carbocycles. The van der Waals surface area contributed by atoms with E-state index < -0.39 is 36.6 Å². The molecule has 3 aromatic carbocycles. The lowest BCUT2D eigenvalue weighted by Gasteiger charge is -2.31. The first kappa shape index (κ1) is 29.8. The average Bonchev–Trinajstić information content (AvgIpc) is 2.85. The highest BCUT2D eigenvalue weighted by Gasteiger charge is 2.34. The van der Waals surface area contributed by atoms with Crippen LogP contribution in [0.1, 0.15) is 68.6 Å². The normalized spacial score (nSPS) is 15.2. The van der Waals surface area contributed by atoms with Crippen LogP contribution in [0, 0.1) is 0 Å². The van der Waals surface area contributed by atoms with Crippen molar-refractivity contribution in [1.29, 1.82) is 0 Å². The predicted molar refractivity (Wildman–Crippen MR) is 160 cm³/mol. The van der Waals surface area contributed by atoms with Gasteiger partial charge in [-0.2, -0.15) is 0 Å². The molecule has 0 unspecified atom stereocenters. The Morgan fingerprint density at radius 2 is 1.48 bits per heavy atom. The monoisotopic (exact) mass is 579 g/mol. The second kappa shape index (κ2) is 11.0. The van der Waals surface area contributed by atoms with Crippen LogP contribution in [0.3, 0.4) is 0 Å². The zero-order chi connectivity index (χ0) is 29.5. The molecular formula is C31H34NO6PS. The van der Waals surface area contributed by atoms with Crippen molar-refractivity contribution in [3.8, 4) is 5.75 Å². The first-order valence-corrected chi connectivity index (χ1v) is 15.5. The van der Waals surface area contributed by atoms with E-state index in [0.29, 0.717) is 21.9 Å². The fraction of sp³-hybridized carbons (Fsp3) is 0.290. The van der Waals surface area contributed by atoms with Crippen LogP contribution in [0.15, 0.2) is 76.5 Å². The largest absolute Gasteiger partial charge is 0.422 e. The van der Waals surface area contributed by atoms with Gasteiger partial charge in [0.15, 0.2) is 0 Å². The number of anilines is 1. The van der Waals surface area contributed by atoms with Gasteiger partial charge in [0.25, 0.3) is 5.91 Å². The summed E-state index contributed by atoms with van der Waals surface area (Å²) in [6, 6.07) is 19.7. The van der Waals surface area contributed by atoms with Crippen LogP contribution in [-0.4, -0.2) is 27.9 Å². The molecule has 0 fully saturated rings. The van der Waals surface area contributed by atoms with Crippen LogP contribution in [0.2, 0.25) is 0 Å². The average molecular weight is 580 g/mol. The van der Waals surface area contributed by atoms with Crippen molar-refractivity contribution < 1.29 is 28.7 Å². The number of fused-ring (bicyclic) bond motifs is 1. The van der Waals surface area contributed by atoms with Crippen molar-refractivity contribution in [3.63, 3.8) is 0 Å². The van der Waals surface area contributed by atoms with E-state index in [1.165, 1.54) is 11.8 Å². The summed E-state index contributed by atoms with van der Waals surface area (Å²) in [7, 11) is -4.52. The first-order valence-electron chi connectivity index (χ1n) is 12.9. The zero-order valence-electron chi connectivity index (χ0n) is 23.5. The number of thioether (sulfide) groups is 1. The number of amides is 1. The van der Waals surface area contributed by atoms with E-state index in [2.05, 4.69) is 0 Å². The molecule has 0 bridgehead atoms. The van der Waals surface area contributed by atoms with Gasteiger partial charge >= 0.3 is 13.6 Å². The summed E-state index contributed by atoms with van der Waals surface area (Å²) in [5.74, 6) is -0.446. The smallest absolute Gasteiger partial charge is 0.345 e. The molecule has 1 amide bonds. The Morgan fingerprint density at radius 3 is 2.02 bits per heavy atom. The maximum atomic E-state index is 13.5. The molecule has 1 heterocycles. The zero-order valence-corrected chi connectivity index (χ0v) is 25.2. The summed E-state index contributed by atoms with van der Waals surface area (Å²) in [4.78, 5) is 48.2. The third-order valence-corrected chi connectivity index (χ3v) is 8.12. The summed E-state index contributed by atoms with van der Waals surface area (Å²) in [6.07, 6.45) is 1.03.